The van der Waals surface area contributed by atoms with E-state index >= 15 is 0 Å². The Kier molecular flexibility index (Phi) is 2.58. The zero-order valence-corrected chi connectivity index (χ0v) is 10.1. The zero-order chi connectivity index (χ0) is 12.9. The quantitative estimate of drug-likeness (QED) is 0.608. The standard InChI is InChI=1S/C15H13F3/c1-8-2-3-9-6-12-11(5-10(9)4-8)7-13(16)15(18)14(12)17/h5-8H,2-4H2,1H3. The van der Waals surface area contributed by atoms with Crippen molar-refractivity contribution in [3.05, 3.63) is 46.8 Å². The molecule has 0 aromatic heterocycles. The molecule has 0 N–H and O–H groups in total. The number of hydrogen-bond donors (Lipinski definition) is 0. The molecule has 2 aromatic carbocycles. The van der Waals surface area contributed by atoms with Gasteiger partial charge in [0.2, 0.25) is 0 Å². The van der Waals surface area contributed by atoms with E-state index in [4.69, 9.17) is 0 Å². The van der Waals surface area contributed by atoms with Crippen LogP contribution in [0.25, 0.3) is 10.8 Å². The molecule has 3 rings (SSSR count). The third-order valence-corrected chi connectivity index (χ3v) is 3.77. The Hall–Kier alpha value is -1.51. The number of hydrogen-bond acceptors (Lipinski definition) is 0. The fourth-order valence-electron chi connectivity index (χ4n) is 2.74. The van der Waals surface area contributed by atoms with E-state index in [9.17, 15) is 13.2 Å². The molecule has 1 aliphatic carbocycles. The van der Waals surface area contributed by atoms with Crippen LogP contribution in [0.5, 0.6) is 0 Å². The normalized spacial score (nSPS) is 19.0. The molecule has 0 nitrogen and oxygen atoms in total. The van der Waals surface area contributed by atoms with E-state index in [1.807, 2.05) is 0 Å². The van der Waals surface area contributed by atoms with Crippen LogP contribution in [0.1, 0.15) is 24.5 Å². The van der Waals surface area contributed by atoms with Crippen molar-refractivity contribution in [1.29, 1.82) is 0 Å². The third-order valence-electron chi connectivity index (χ3n) is 3.77. The van der Waals surface area contributed by atoms with Gasteiger partial charge in [-0.2, -0.15) is 0 Å². The number of benzene rings is 2. The summed E-state index contributed by atoms with van der Waals surface area (Å²) in [5.41, 5.74) is 2.19. The van der Waals surface area contributed by atoms with Crippen LogP contribution >= 0.6 is 0 Å². The topological polar surface area (TPSA) is 0 Å². The predicted molar refractivity (Wildman–Crippen MR) is 65.0 cm³/mol. The van der Waals surface area contributed by atoms with Gasteiger partial charge in [0.25, 0.3) is 0 Å². The highest BCUT2D eigenvalue weighted by molar-refractivity contribution is 5.85. The average Bonchev–Trinajstić information content (AvgIpc) is 2.34. The molecule has 0 bridgehead atoms. The van der Waals surface area contributed by atoms with Crippen molar-refractivity contribution in [1.82, 2.24) is 0 Å². The molecule has 0 radical (unpaired) electrons. The van der Waals surface area contributed by atoms with Crippen molar-refractivity contribution < 1.29 is 13.2 Å². The van der Waals surface area contributed by atoms with Gasteiger partial charge in [0, 0.05) is 5.39 Å². The third kappa shape index (κ3) is 1.69. The lowest BCUT2D eigenvalue weighted by Crippen LogP contribution is -2.11. The first-order valence-corrected chi connectivity index (χ1v) is 6.15. The van der Waals surface area contributed by atoms with Gasteiger partial charge in [-0.1, -0.05) is 13.0 Å². The predicted octanol–water partition coefficient (Wildman–Crippen LogP) is 4.38. The molecule has 0 heterocycles. The second-order valence-corrected chi connectivity index (χ2v) is 5.18. The second kappa shape index (κ2) is 4.01. The van der Waals surface area contributed by atoms with Crippen molar-refractivity contribution in [2.75, 3.05) is 0 Å². The summed E-state index contributed by atoms with van der Waals surface area (Å²) in [6, 6.07) is 4.55. The highest BCUT2D eigenvalue weighted by Gasteiger charge is 2.19. The fraction of sp³-hybridized carbons (Fsp3) is 0.333. The molecular formula is C15H13F3. The summed E-state index contributed by atoms with van der Waals surface area (Å²) in [6.45, 7) is 2.17. The summed E-state index contributed by atoms with van der Waals surface area (Å²) >= 11 is 0. The minimum Gasteiger partial charge on any atom is -0.204 e. The molecule has 0 spiro atoms. The highest BCUT2D eigenvalue weighted by atomic mass is 19.2. The molecule has 0 saturated heterocycles. The monoisotopic (exact) mass is 250 g/mol. The highest BCUT2D eigenvalue weighted by Crippen LogP contribution is 2.31. The van der Waals surface area contributed by atoms with Crippen LogP contribution < -0.4 is 0 Å². The van der Waals surface area contributed by atoms with Crippen LogP contribution in [-0.2, 0) is 12.8 Å². The molecule has 18 heavy (non-hydrogen) atoms. The summed E-state index contributed by atoms with van der Waals surface area (Å²) in [7, 11) is 0. The lowest BCUT2D eigenvalue weighted by Gasteiger charge is -2.22. The number of aryl methyl sites for hydroxylation is 1. The number of rotatable bonds is 0. The van der Waals surface area contributed by atoms with E-state index in [0.717, 1.165) is 36.5 Å². The van der Waals surface area contributed by atoms with Crippen LogP contribution in [0.2, 0.25) is 0 Å². The van der Waals surface area contributed by atoms with Gasteiger partial charge in [0.1, 0.15) is 0 Å². The minimum absolute atomic E-state index is 0.183. The van der Waals surface area contributed by atoms with Gasteiger partial charge in [-0.05, 0) is 53.8 Å². The maximum Gasteiger partial charge on any atom is 0.195 e. The Labute approximate surface area is 103 Å². The van der Waals surface area contributed by atoms with Crippen LogP contribution in [-0.4, -0.2) is 0 Å². The Morgan fingerprint density at radius 2 is 1.78 bits per heavy atom. The van der Waals surface area contributed by atoms with E-state index in [1.54, 1.807) is 12.1 Å². The second-order valence-electron chi connectivity index (χ2n) is 5.18. The van der Waals surface area contributed by atoms with Crippen LogP contribution in [0.4, 0.5) is 13.2 Å². The molecule has 0 amide bonds. The maximum absolute atomic E-state index is 13.7. The van der Waals surface area contributed by atoms with Gasteiger partial charge in [0.15, 0.2) is 17.5 Å². The molecule has 0 fully saturated rings. The zero-order valence-electron chi connectivity index (χ0n) is 10.1. The summed E-state index contributed by atoms with van der Waals surface area (Å²) < 4.78 is 40.1. The van der Waals surface area contributed by atoms with E-state index < -0.39 is 17.5 Å². The Balaban J connectivity index is 2.28. The summed E-state index contributed by atoms with van der Waals surface area (Å²) in [5.74, 6) is -2.99. The van der Waals surface area contributed by atoms with Crippen LogP contribution in [0, 0.1) is 23.4 Å². The smallest absolute Gasteiger partial charge is 0.195 e. The molecule has 2 aromatic rings. The Morgan fingerprint density at radius 1 is 1.00 bits per heavy atom. The molecule has 94 valence electrons. The minimum atomic E-state index is -1.38. The summed E-state index contributed by atoms with van der Waals surface area (Å²) in [4.78, 5) is 0. The van der Waals surface area contributed by atoms with Gasteiger partial charge >= 0.3 is 0 Å². The molecule has 0 saturated carbocycles. The fourth-order valence-corrected chi connectivity index (χ4v) is 2.74. The molecule has 0 aliphatic heterocycles. The summed E-state index contributed by atoms with van der Waals surface area (Å²) in [6.07, 6.45) is 2.86. The van der Waals surface area contributed by atoms with Crippen molar-refractivity contribution in [3.8, 4) is 0 Å². The molecule has 1 aliphatic rings. The van der Waals surface area contributed by atoms with Gasteiger partial charge in [0.05, 0.1) is 0 Å². The van der Waals surface area contributed by atoms with E-state index in [0.29, 0.717) is 11.3 Å². The van der Waals surface area contributed by atoms with Gasteiger partial charge in [-0.3, -0.25) is 0 Å². The largest absolute Gasteiger partial charge is 0.204 e. The molecule has 3 heteroatoms. The first kappa shape index (κ1) is 11.6. The lowest BCUT2D eigenvalue weighted by atomic mass is 9.83. The van der Waals surface area contributed by atoms with E-state index in [2.05, 4.69) is 6.92 Å². The van der Waals surface area contributed by atoms with Crippen molar-refractivity contribution in [3.63, 3.8) is 0 Å². The molecule has 1 unspecified atom stereocenters. The van der Waals surface area contributed by atoms with Gasteiger partial charge in [-0.15, -0.1) is 0 Å². The SMILES string of the molecule is CC1CCc2cc3c(F)c(F)c(F)cc3cc2C1. The van der Waals surface area contributed by atoms with E-state index in [1.165, 1.54) is 0 Å². The first-order valence-electron chi connectivity index (χ1n) is 6.15. The van der Waals surface area contributed by atoms with Crippen molar-refractivity contribution in [2.45, 2.75) is 26.2 Å². The Morgan fingerprint density at radius 3 is 2.56 bits per heavy atom. The van der Waals surface area contributed by atoms with E-state index in [-0.39, 0.29) is 5.39 Å². The van der Waals surface area contributed by atoms with Crippen molar-refractivity contribution in [2.24, 2.45) is 5.92 Å². The van der Waals surface area contributed by atoms with Gasteiger partial charge in [-0.25, -0.2) is 13.2 Å². The van der Waals surface area contributed by atoms with Crippen LogP contribution in [0.15, 0.2) is 18.2 Å². The number of fused-ring (bicyclic) bond motifs is 2. The van der Waals surface area contributed by atoms with Crippen LogP contribution in [0.3, 0.4) is 0 Å². The lowest BCUT2D eigenvalue weighted by molar-refractivity contribution is 0.453. The maximum atomic E-state index is 13.7. The number of halogens is 3. The van der Waals surface area contributed by atoms with Crippen molar-refractivity contribution >= 4 is 10.8 Å². The molecular weight excluding hydrogens is 237 g/mol. The summed E-state index contributed by atoms with van der Waals surface area (Å²) in [5, 5.41) is 0.626. The van der Waals surface area contributed by atoms with Gasteiger partial charge < -0.3 is 0 Å². The first-order chi connectivity index (χ1) is 8.56. The molecule has 1 atom stereocenters. The Bertz CT molecular complexity index is 631. The average molecular weight is 250 g/mol.